The largest absolute Gasteiger partial charge is 0.450 e. The van der Waals surface area contributed by atoms with E-state index in [2.05, 4.69) is 46.1 Å². The number of halogens is 1. The van der Waals surface area contributed by atoms with Gasteiger partial charge in [0.15, 0.2) is 5.96 Å². The zero-order valence-corrected chi connectivity index (χ0v) is 18.9. The quantitative estimate of drug-likeness (QED) is 0.345. The molecule has 146 valence electrons. The number of amides is 1. The standard InChI is InChI=1S/C17H32N4O2S.HI/c1-5-23-17(22)20-14(13-6-7-13)10-19-16(18-4)21-8-9-24-15(11-21)12(2)3;/h12-15H,5-11H2,1-4H3,(H,18,19)(H,20,22);1H. The summed E-state index contributed by atoms with van der Waals surface area (Å²) in [5, 5.41) is 7.10. The highest BCUT2D eigenvalue weighted by Crippen LogP contribution is 2.32. The van der Waals surface area contributed by atoms with Crippen molar-refractivity contribution in [2.24, 2.45) is 16.8 Å². The van der Waals surface area contributed by atoms with E-state index in [1.807, 2.05) is 14.0 Å². The number of rotatable bonds is 6. The highest BCUT2D eigenvalue weighted by molar-refractivity contribution is 14.0. The Bertz CT molecular complexity index is 446. The molecule has 0 aromatic heterocycles. The molecule has 1 saturated heterocycles. The van der Waals surface area contributed by atoms with E-state index in [1.54, 1.807) is 0 Å². The summed E-state index contributed by atoms with van der Waals surface area (Å²) in [6.07, 6.45) is 2.03. The Hall–Kier alpha value is -0.380. The summed E-state index contributed by atoms with van der Waals surface area (Å²) in [4.78, 5) is 18.5. The number of ether oxygens (including phenoxy) is 1. The molecule has 0 aromatic rings. The van der Waals surface area contributed by atoms with Crippen LogP contribution in [-0.2, 0) is 4.74 Å². The summed E-state index contributed by atoms with van der Waals surface area (Å²) >= 11 is 2.06. The first kappa shape index (κ1) is 22.7. The summed E-state index contributed by atoms with van der Waals surface area (Å²) in [5.74, 6) is 3.30. The lowest BCUT2D eigenvalue weighted by Gasteiger charge is -2.36. The molecule has 1 aliphatic carbocycles. The fourth-order valence-corrected chi connectivity index (χ4v) is 4.26. The molecule has 1 amide bonds. The Morgan fingerprint density at radius 1 is 1.40 bits per heavy atom. The summed E-state index contributed by atoms with van der Waals surface area (Å²) in [6.45, 7) is 9.54. The molecule has 1 saturated carbocycles. The highest BCUT2D eigenvalue weighted by Gasteiger charge is 2.33. The lowest BCUT2D eigenvalue weighted by Crippen LogP contribution is -2.52. The molecule has 2 atom stereocenters. The molecule has 25 heavy (non-hydrogen) atoms. The third-order valence-corrected chi connectivity index (χ3v) is 6.14. The molecule has 8 heteroatoms. The number of hydrogen-bond acceptors (Lipinski definition) is 4. The fraction of sp³-hybridized carbons (Fsp3) is 0.882. The molecule has 0 aromatic carbocycles. The van der Waals surface area contributed by atoms with Gasteiger partial charge in [0.05, 0.1) is 12.6 Å². The summed E-state index contributed by atoms with van der Waals surface area (Å²) in [6, 6.07) is 0.112. The molecule has 0 radical (unpaired) electrons. The maximum Gasteiger partial charge on any atom is 0.407 e. The van der Waals surface area contributed by atoms with Crippen molar-refractivity contribution < 1.29 is 9.53 Å². The third-order valence-electron chi connectivity index (χ3n) is 4.60. The summed E-state index contributed by atoms with van der Waals surface area (Å²) < 4.78 is 5.02. The molecule has 2 rings (SSSR count). The van der Waals surface area contributed by atoms with Gasteiger partial charge in [-0.15, -0.1) is 24.0 Å². The molecule has 6 nitrogen and oxygen atoms in total. The molecule has 1 heterocycles. The minimum atomic E-state index is -0.319. The van der Waals surface area contributed by atoms with E-state index in [0.29, 0.717) is 30.2 Å². The van der Waals surface area contributed by atoms with Gasteiger partial charge in [-0.2, -0.15) is 11.8 Å². The van der Waals surface area contributed by atoms with Crippen molar-refractivity contribution in [1.29, 1.82) is 0 Å². The molecular weight excluding hydrogens is 451 g/mol. The second-order valence-electron chi connectivity index (χ2n) is 6.84. The van der Waals surface area contributed by atoms with Crippen LogP contribution >= 0.6 is 35.7 Å². The first-order valence-electron chi connectivity index (χ1n) is 9.05. The van der Waals surface area contributed by atoms with E-state index in [-0.39, 0.29) is 36.1 Å². The summed E-state index contributed by atoms with van der Waals surface area (Å²) in [5.41, 5.74) is 0. The first-order chi connectivity index (χ1) is 11.5. The Kier molecular flexibility index (Phi) is 10.3. The average Bonchev–Trinajstić information content (AvgIpc) is 3.39. The minimum absolute atomic E-state index is 0. The number of carbonyl (C=O) groups excluding carboxylic acids is 1. The second kappa shape index (κ2) is 11.4. The van der Waals surface area contributed by atoms with E-state index in [0.717, 1.165) is 24.8 Å². The van der Waals surface area contributed by atoms with Crippen LogP contribution in [0.15, 0.2) is 4.99 Å². The van der Waals surface area contributed by atoms with Crippen LogP contribution in [0.2, 0.25) is 0 Å². The lowest BCUT2D eigenvalue weighted by molar-refractivity contribution is 0.146. The van der Waals surface area contributed by atoms with Gasteiger partial charge in [0.25, 0.3) is 0 Å². The lowest BCUT2D eigenvalue weighted by atomic mass is 10.1. The van der Waals surface area contributed by atoms with Gasteiger partial charge in [-0.1, -0.05) is 13.8 Å². The van der Waals surface area contributed by atoms with Crippen molar-refractivity contribution in [3.05, 3.63) is 0 Å². The van der Waals surface area contributed by atoms with Crippen molar-refractivity contribution >= 4 is 47.8 Å². The second-order valence-corrected chi connectivity index (χ2v) is 8.18. The molecule has 1 aliphatic heterocycles. The molecule has 0 bridgehead atoms. The van der Waals surface area contributed by atoms with Crippen LogP contribution in [0.1, 0.15) is 33.6 Å². The van der Waals surface area contributed by atoms with Crippen LogP contribution in [-0.4, -0.2) is 67.3 Å². The number of hydrogen-bond donors (Lipinski definition) is 2. The maximum absolute atomic E-state index is 11.7. The fourth-order valence-electron chi connectivity index (χ4n) is 2.96. The maximum atomic E-state index is 11.7. The normalized spacial score (nSPS) is 22.2. The van der Waals surface area contributed by atoms with Crippen LogP contribution in [0, 0.1) is 11.8 Å². The van der Waals surface area contributed by atoms with Crippen molar-refractivity contribution in [2.75, 3.05) is 39.0 Å². The van der Waals surface area contributed by atoms with Crippen LogP contribution in [0.5, 0.6) is 0 Å². The van der Waals surface area contributed by atoms with E-state index in [4.69, 9.17) is 4.74 Å². The van der Waals surface area contributed by atoms with Gasteiger partial charge in [-0.05, 0) is 31.6 Å². The zero-order valence-electron chi connectivity index (χ0n) is 15.8. The predicted molar refractivity (Wildman–Crippen MR) is 116 cm³/mol. The van der Waals surface area contributed by atoms with Crippen molar-refractivity contribution in [2.45, 2.75) is 44.9 Å². The van der Waals surface area contributed by atoms with Gasteiger partial charge >= 0.3 is 6.09 Å². The van der Waals surface area contributed by atoms with Crippen molar-refractivity contribution in [1.82, 2.24) is 15.5 Å². The van der Waals surface area contributed by atoms with Crippen LogP contribution in [0.4, 0.5) is 4.79 Å². The highest BCUT2D eigenvalue weighted by atomic mass is 127. The number of thioether (sulfide) groups is 1. The molecule has 2 unspecified atom stereocenters. The van der Waals surface area contributed by atoms with E-state index in [1.165, 1.54) is 12.8 Å². The number of guanidine groups is 1. The van der Waals surface area contributed by atoms with Crippen LogP contribution in [0.3, 0.4) is 0 Å². The van der Waals surface area contributed by atoms with Gasteiger partial charge in [-0.25, -0.2) is 4.79 Å². The SMILES string of the molecule is CCOC(=O)NC(CNC(=NC)N1CCSC(C(C)C)C1)C1CC1.I. The predicted octanol–water partition coefficient (Wildman–Crippen LogP) is 2.78. The van der Waals surface area contributed by atoms with Gasteiger partial charge in [-0.3, -0.25) is 4.99 Å². The Balaban J connectivity index is 0.00000312. The summed E-state index contributed by atoms with van der Waals surface area (Å²) in [7, 11) is 1.83. The third kappa shape index (κ3) is 7.40. The van der Waals surface area contributed by atoms with Crippen LogP contribution in [0.25, 0.3) is 0 Å². The molecule has 2 fully saturated rings. The van der Waals surface area contributed by atoms with E-state index < -0.39 is 0 Å². The zero-order chi connectivity index (χ0) is 17.5. The monoisotopic (exact) mass is 484 g/mol. The van der Waals surface area contributed by atoms with E-state index >= 15 is 0 Å². The minimum Gasteiger partial charge on any atom is -0.450 e. The van der Waals surface area contributed by atoms with Gasteiger partial charge in [0, 0.05) is 37.7 Å². The Labute approximate surface area is 173 Å². The molecule has 2 N–H and O–H groups in total. The number of alkyl carbamates (subject to hydrolysis) is 1. The van der Waals surface area contributed by atoms with Gasteiger partial charge in [0.1, 0.15) is 0 Å². The number of nitrogens with one attached hydrogen (secondary N) is 2. The molecule has 2 aliphatic rings. The van der Waals surface area contributed by atoms with E-state index in [9.17, 15) is 4.79 Å². The Morgan fingerprint density at radius 3 is 2.68 bits per heavy atom. The smallest absolute Gasteiger partial charge is 0.407 e. The first-order valence-corrected chi connectivity index (χ1v) is 10.1. The molecule has 0 spiro atoms. The average molecular weight is 484 g/mol. The number of carbonyl (C=O) groups is 1. The van der Waals surface area contributed by atoms with Crippen molar-refractivity contribution in [3.63, 3.8) is 0 Å². The topological polar surface area (TPSA) is 66.0 Å². The van der Waals surface area contributed by atoms with Crippen LogP contribution < -0.4 is 10.6 Å². The molecular formula is C17H33IN4O2S. The van der Waals surface area contributed by atoms with Crippen molar-refractivity contribution in [3.8, 4) is 0 Å². The number of aliphatic imine (C=N–C) groups is 1. The number of nitrogens with zero attached hydrogens (tertiary/aromatic N) is 2. The van der Waals surface area contributed by atoms with Gasteiger partial charge in [0.2, 0.25) is 0 Å². The Morgan fingerprint density at radius 2 is 2.12 bits per heavy atom. The van der Waals surface area contributed by atoms with Gasteiger partial charge < -0.3 is 20.3 Å².